The minimum absolute atomic E-state index is 0.0568. The molecule has 5 nitrogen and oxygen atoms in total. The molecule has 1 heterocycles. The number of fused-ring (bicyclic) bond motifs is 1. The summed E-state index contributed by atoms with van der Waals surface area (Å²) in [6.07, 6.45) is 1.76. The van der Waals surface area contributed by atoms with Crippen LogP contribution in [-0.2, 0) is 23.5 Å². The van der Waals surface area contributed by atoms with Crippen molar-refractivity contribution in [2.24, 2.45) is 11.8 Å². The number of Topliss-reactive ketones (excluding diaryl/α,β-unsaturated/α-hetero) is 1. The largest absolute Gasteiger partial charge is 0.459 e. The van der Waals surface area contributed by atoms with E-state index in [-0.39, 0.29) is 34.5 Å². The number of esters is 1. The van der Waals surface area contributed by atoms with Crippen LogP contribution in [0.25, 0.3) is 0 Å². The number of ether oxygens (including phenoxy) is 2. The molecule has 1 saturated carbocycles. The van der Waals surface area contributed by atoms with Gasteiger partial charge in [0, 0.05) is 5.92 Å². The number of ketones is 1. The molecule has 5 atom stereocenters. The van der Waals surface area contributed by atoms with Gasteiger partial charge < -0.3 is 13.9 Å². The molecule has 28 heavy (non-hydrogen) atoms. The third-order valence-corrected chi connectivity index (χ3v) is 11.2. The SMILES string of the molecule is C[C@H]1C(=O)[C@@H](C(=O)OC(C)(C)C)C[C@H]2O[C@@]2(C)CC[C@@H]1O[Si](C)(C)C(C)(C)C. The van der Waals surface area contributed by atoms with Crippen LogP contribution in [0.1, 0.15) is 74.7 Å². The van der Waals surface area contributed by atoms with Crippen LogP contribution < -0.4 is 0 Å². The normalized spacial score (nSPS) is 34.7. The molecule has 0 unspecified atom stereocenters. The monoisotopic (exact) mass is 412 g/mol. The summed E-state index contributed by atoms with van der Waals surface area (Å²) in [6.45, 7) is 20.5. The van der Waals surface area contributed by atoms with Gasteiger partial charge in [-0.2, -0.15) is 0 Å². The number of epoxide rings is 1. The number of hydrogen-bond donors (Lipinski definition) is 0. The molecule has 6 heteroatoms. The maximum atomic E-state index is 13.4. The van der Waals surface area contributed by atoms with E-state index in [2.05, 4.69) is 40.8 Å². The van der Waals surface area contributed by atoms with E-state index in [4.69, 9.17) is 13.9 Å². The van der Waals surface area contributed by atoms with Crippen LogP contribution in [-0.4, -0.2) is 43.5 Å². The smallest absolute Gasteiger partial charge is 0.317 e. The average Bonchev–Trinajstić information content (AvgIpc) is 3.14. The Balaban J connectivity index is 2.29. The summed E-state index contributed by atoms with van der Waals surface area (Å²) in [5, 5.41) is 0.0568. The van der Waals surface area contributed by atoms with Gasteiger partial charge in [0.25, 0.3) is 0 Å². The zero-order chi connectivity index (χ0) is 21.7. The van der Waals surface area contributed by atoms with E-state index in [0.717, 1.165) is 12.8 Å². The first-order chi connectivity index (χ1) is 12.5. The van der Waals surface area contributed by atoms with Crippen molar-refractivity contribution in [2.45, 2.75) is 116 Å². The highest BCUT2D eigenvalue weighted by Crippen LogP contribution is 2.47. The molecule has 0 N–H and O–H groups in total. The highest BCUT2D eigenvalue weighted by Gasteiger charge is 2.56. The molecule has 0 aromatic carbocycles. The predicted molar refractivity (Wildman–Crippen MR) is 113 cm³/mol. The van der Waals surface area contributed by atoms with E-state index < -0.39 is 25.8 Å². The van der Waals surface area contributed by atoms with Gasteiger partial charge in [0.1, 0.15) is 11.5 Å². The highest BCUT2D eigenvalue weighted by atomic mass is 28.4. The predicted octanol–water partition coefficient (Wildman–Crippen LogP) is 4.88. The van der Waals surface area contributed by atoms with E-state index in [0.29, 0.717) is 6.42 Å². The summed E-state index contributed by atoms with van der Waals surface area (Å²) in [7, 11) is -2.05. The molecule has 1 aliphatic heterocycles. The van der Waals surface area contributed by atoms with Crippen molar-refractivity contribution in [1.29, 1.82) is 0 Å². The minimum Gasteiger partial charge on any atom is -0.459 e. The summed E-state index contributed by atoms with van der Waals surface area (Å²) < 4.78 is 18.2. The molecule has 0 bridgehead atoms. The molecule has 2 fully saturated rings. The zero-order valence-electron chi connectivity index (χ0n) is 19.5. The van der Waals surface area contributed by atoms with Gasteiger partial charge in [-0.15, -0.1) is 0 Å². The lowest BCUT2D eigenvalue weighted by Gasteiger charge is -2.41. The Kier molecular flexibility index (Phi) is 6.32. The molecule has 0 aromatic heterocycles. The lowest BCUT2D eigenvalue weighted by molar-refractivity contribution is -0.163. The van der Waals surface area contributed by atoms with Crippen LogP contribution in [0.15, 0.2) is 0 Å². The zero-order valence-corrected chi connectivity index (χ0v) is 20.5. The van der Waals surface area contributed by atoms with E-state index in [1.807, 2.05) is 27.7 Å². The number of carbonyl (C=O) groups excluding carboxylic acids is 2. The van der Waals surface area contributed by atoms with Gasteiger partial charge in [0.2, 0.25) is 0 Å². The van der Waals surface area contributed by atoms with Gasteiger partial charge in [-0.25, -0.2) is 0 Å². The Morgan fingerprint density at radius 2 is 1.75 bits per heavy atom. The Labute approximate surface area is 172 Å². The molecule has 0 aromatic rings. The lowest BCUT2D eigenvalue weighted by atomic mass is 9.87. The highest BCUT2D eigenvalue weighted by molar-refractivity contribution is 6.74. The molecule has 0 amide bonds. The Hall–Kier alpha value is -0.723. The summed E-state index contributed by atoms with van der Waals surface area (Å²) in [4.78, 5) is 26.2. The molecular weight excluding hydrogens is 372 g/mol. The van der Waals surface area contributed by atoms with Crippen LogP contribution in [0.2, 0.25) is 18.1 Å². The molecule has 1 saturated heterocycles. The third-order valence-electron chi connectivity index (χ3n) is 6.70. The second-order valence-corrected chi connectivity index (χ2v) is 16.1. The average molecular weight is 413 g/mol. The van der Waals surface area contributed by atoms with E-state index in [1.54, 1.807) is 0 Å². The number of hydrogen-bond acceptors (Lipinski definition) is 5. The maximum Gasteiger partial charge on any atom is 0.317 e. The van der Waals surface area contributed by atoms with E-state index in [9.17, 15) is 9.59 Å². The van der Waals surface area contributed by atoms with Crippen LogP contribution in [0, 0.1) is 11.8 Å². The van der Waals surface area contributed by atoms with Crippen molar-refractivity contribution >= 4 is 20.1 Å². The van der Waals surface area contributed by atoms with Crippen molar-refractivity contribution in [3.63, 3.8) is 0 Å². The van der Waals surface area contributed by atoms with Crippen molar-refractivity contribution in [3.8, 4) is 0 Å². The van der Waals surface area contributed by atoms with Gasteiger partial charge in [-0.05, 0) is 65.1 Å². The fourth-order valence-corrected chi connectivity index (χ4v) is 5.05. The summed E-state index contributed by atoms with van der Waals surface area (Å²) in [5.41, 5.74) is -0.885. The molecular formula is C22H40O5Si. The standard InChI is InChI=1S/C22H40O5Si/c1-14-16(27-28(9,10)21(5,6)7)11-12-22(8)17(25-22)13-15(18(14)23)19(24)26-20(2,3)4/h14-17H,11-13H2,1-10H3/t14-,15+,16+,17-,22+/m1/s1. The Morgan fingerprint density at radius 1 is 1.18 bits per heavy atom. The van der Waals surface area contributed by atoms with Gasteiger partial charge >= 0.3 is 5.97 Å². The van der Waals surface area contributed by atoms with Crippen LogP contribution in [0.5, 0.6) is 0 Å². The van der Waals surface area contributed by atoms with Crippen molar-refractivity contribution in [1.82, 2.24) is 0 Å². The molecule has 162 valence electrons. The first kappa shape index (κ1) is 23.6. The van der Waals surface area contributed by atoms with Crippen molar-refractivity contribution in [2.75, 3.05) is 0 Å². The summed E-state index contributed by atoms with van der Waals surface area (Å²) in [6, 6.07) is 0. The van der Waals surface area contributed by atoms with Crippen molar-refractivity contribution < 1.29 is 23.5 Å². The fourth-order valence-electron chi connectivity index (χ4n) is 3.62. The van der Waals surface area contributed by atoms with Gasteiger partial charge in [-0.3, -0.25) is 9.59 Å². The molecule has 2 aliphatic rings. The molecule has 2 rings (SSSR count). The number of carbonyl (C=O) groups is 2. The van der Waals surface area contributed by atoms with E-state index >= 15 is 0 Å². The molecule has 1 aliphatic carbocycles. The van der Waals surface area contributed by atoms with Gasteiger partial charge in [0.05, 0.1) is 17.8 Å². The third kappa shape index (κ3) is 5.25. The van der Waals surface area contributed by atoms with Crippen LogP contribution >= 0.6 is 0 Å². The second kappa shape index (κ2) is 7.51. The first-order valence-electron chi connectivity index (χ1n) is 10.6. The topological polar surface area (TPSA) is 65.1 Å². The summed E-state index contributed by atoms with van der Waals surface area (Å²) >= 11 is 0. The maximum absolute atomic E-state index is 13.4. The first-order valence-corrected chi connectivity index (χ1v) is 13.5. The van der Waals surface area contributed by atoms with E-state index in [1.165, 1.54) is 0 Å². The van der Waals surface area contributed by atoms with Crippen LogP contribution in [0.4, 0.5) is 0 Å². The lowest BCUT2D eigenvalue weighted by Crippen LogP contribution is -2.47. The quantitative estimate of drug-likeness (QED) is 0.286. The second-order valence-electron chi connectivity index (χ2n) is 11.4. The molecule has 0 spiro atoms. The Bertz CT molecular complexity index is 615. The molecule has 0 radical (unpaired) electrons. The Morgan fingerprint density at radius 3 is 2.25 bits per heavy atom. The van der Waals surface area contributed by atoms with Gasteiger partial charge in [-0.1, -0.05) is 27.7 Å². The van der Waals surface area contributed by atoms with Crippen molar-refractivity contribution in [3.05, 3.63) is 0 Å². The fraction of sp³-hybridized carbons (Fsp3) is 0.909. The minimum atomic E-state index is -2.05. The summed E-state index contributed by atoms with van der Waals surface area (Å²) in [5.74, 6) is -1.63. The van der Waals surface area contributed by atoms with Gasteiger partial charge in [0.15, 0.2) is 14.1 Å². The number of rotatable bonds is 3. The van der Waals surface area contributed by atoms with Crippen LogP contribution in [0.3, 0.4) is 0 Å².